The summed E-state index contributed by atoms with van der Waals surface area (Å²) >= 11 is 0. The molecule has 0 saturated heterocycles. The number of nitrogens with one attached hydrogen (secondary N) is 2. The molecule has 0 bridgehead atoms. The largest absolute Gasteiger partial charge is 0.326 e. The highest BCUT2D eigenvalue weighted by Gasteiger charge is 2.21. The summed E-state index contributed by atoms with van der Waals surface area (Å²) in [6.45, 7) is 0. The second-order valence-electron chi connectivity index (χ2n) is 5.55. The maximum atomic E-state index is 12.2. The molecule has 5 heteroatoms. The number of aromatic amines is 1. The molecule has 1 fully saturated rings. The standard InChI is InChI=1S/C15H19N3O2/c1-18-13-8-7-11(9-12(13)17-15(18)20)16-14(19)10-5-3-2-4-6-10/h7-10H,2-6H2,1H3,(H,16,19)(H,17,20). The summed E-state index contributed by atoms with van der Waals surface area (Å²) in [5, 5.41) is 2.96. The Kier molecular flexibility index (Phi) is 3.34. The van der Waals surface area contributed by atoms with Gasteiger partial charge in [-0.05, 0) is 31.0 Å². The van der Waals surface area contributed by atoms with E-state index in [1.165, 1.54) is 6.42 Å². The van der Waals surface area contributed by atoms with Crippen LogP contribution in [0.25, 0.3) is 11.0 Å². The SMILES string of the molecule is Cn1c(=O)[nH]c2cc(NC(=O)C3CCCCC3)ccc21. The lowest BCUT2D eigenvalue weighted by atomic mass is 9.88. The highest BCUT2D eigenvalue weighted by atomic mass is 16.2. The highest BCUT2D eigenvalue weighted by molar-refractivity contribution is 5.94. The van der Waals surface area contributed by atoms with Gasteiger partial charge in [0.2, 0.25) is 5.91 Å². The van der Waals surface area contributed by atoms with E-state index in [-0.39, 0.29) is 17.5 Å². The fourth-order valence-electron chi connectivity index (χ4n) is 2.92. The first-order chi connectivity index (χ1) is 9.65. The van der Waals surface area contributed by atoms with Crippen LogP contribution in [0.4, 0.5) is 5.69 Å². The highest BCUT2D eigenvalue weighted by Crippen LogP contribution is 2.25. The van der Waals surface area contributed by atoms with Gasteiger partial charge in [-0.3, -0.25) is 9.36 Å². The average Bonchev–Trinajstić information content (AvgIpc) is 2.74. The van der Waals surface area contributed by atoms with Crippen LogP contribution in [0.2, 0.25) is 0 Å². The van der Waals surface area contributed by atoms with Crippen LogP contribution in [-0.4, -0.2) is 15.5 Å². The topological polar surface area (TPSA) is 66.9 Å². The van der Waals surface area contributed by atoms with E-state index in [9.17, 15) is 9.59 Å². The first-order valence-electron chi connectivity index (χ1n) is 7.15. The van der Waals surface area contributed by atoms with Gasteiger partial charge < -0.3 is 10.3 Å². The van der Waals surface area contributed by atoms with Gasteiger partial charge in [-0.15, -0.1) is 0 Å². The molecule has 1 amide bonds. The van der Waals surface area contributed by atoms with E-state index in [0.717, 1.165) is 42.4 Å². The van der Waals surface area contributed by atoms with Crippen molar-refractivity contribution in [3.63, 3.8) is 0 Å². The molecular formula is C15H19N3O2. The Hall–Kier alpha value is -2.04. The Morgan fingerprint density at radius 3 is 2.80 bits per heavy atom. The minimum atomic E-state index is -0.143. The first-order valence-corrected chi connectivity index (χ1v) is 7.15. The van der Waals surface area contributed by atoms with Gasteiger partial charge in [0, 0.05) is 18.7 Å². The number of amides is 1. The van der Waals surface area contributed by atoms with Crippen LogP contribution in [0, 0.1) is 5.92 Å². The van der Waals surface area contributed by atoms with Crippen molar-refractivity contribution in [2.75, 3.05) is 5.32 Å². The van der Waals surface area contributed by atoms with E-state index in [1.807, 2.05) is 18.2 Å². The van der Waals surface area contributed by atoms with E-state index in [2.05, 4.69) is 10.3 Å². The van der Waals surface area contributed by atoms with Gasteiger partial charge in [0.15, 0.2) is 0 Å². The Balaban J connectivity index is 1.80. The Bertz CT molecular complexity index is 693. The van der Waals surface area contributed by atoms with Crippen LogP contribution >= 0.6 is 0 Å². The van der Waals surface area contributed by atoms with Crippen molar-refractivity contribution in [2.45, 2.75) is 32.1 Å². The second kappa shape index (κ2) is 5.15. The van der Waals surface area contributed by atoms with Crippen LogP contribution < -0.4 is 11.0 Å². The number of benzene rings is 1. The van der Waals surface area contributed by atoms with Gasteiger partial charge in [-0.2, -0.15) is 0 Å². The molecule has 1 saturated carbocycles. The molecule has 0 atom stereocenters. The van der Waals surface area contributed by atoms with Crippen LogP contribution in [0.15, 0.2) is 23.0 Å². The number of rotatable bonds is 2. The van der Waals surface area contributed by atoms with Gasteiger partial charge in [0.1, 0.15) is 0 Å². The van der Waals surface area contributed by atoms with Gasteiger partial charge in [0.05, 0.1) is 11.0 Å². The van der Waals surface area contributed by atoms with E-state index < -0.39 is 0 Å². The van der Waals surface area contributed by atoms with Crippen LogP contribution in [-0.2, 0) is 11.8 Å². The summed E-state index contributed by atoms with van der Waals surface area (Å²) in [7, 11) is 1.72. The van der Waals surface area contributed by atoms with Crippen LogP contribution in [0.5, 0.6) is 0 Å². The first kappa shape index (κ1) is 13.0. The lowest BCUT2D eigenvalue weighted by Crippen LogP contribution is -2.24. The number of aromatic nitrogens is 2. The summed E-state index contributed by atoms with van der Waals surface area (Å²) in [4.78, 5) is 26.5. The molecule has 2 aromatic rings. The van der Waals surface area contributed by atoms with Crippen molar-refractivity contribution in [1.29, 1.82) is 0 Å². The number of hydrogen-bond donors (Lipinski definition) is 2. The predicted molar refractivity (Wildman–Crippen MR) is 78.7 cm³/mol. The lowest BCUT2D eigenvalue weighted by Gasteiger charge is -2.20. The third-order valence-electron chi connectivity index (χ3n) is 4.15. The zero-order valence-electron chi connectivity index (χ0n) is 11.6. The monoisotopic (exact) mass is 273 g/mol. The molecule has 0 radical (unpaired) electrons. The molecular weight excluding hydrogens is 254 g/mol. The second-order valence-corrected chi connectivity index (χ2v) is 5.55. The number of nitrogens with zero attached hydrogens (tertiary/aromatic N) is 1. The van der Waals surface area contributed by atoms with Gasteiger partial charge >= 0.3 is 5.69 Å². The normalized spacial score (nSPS) is 16.4. The number of fused-ring (bicyclic) bond motifs is 1. The molecule has 0 spiro atoms. The zero-order valence-corrected chi connectivity index (χ0v) is 11.6. The molecule has 1 aliphatic rings. The average molecular weight is 273 g/mol. The lowest BCUT2D eigenvalue weighted by molar-refractivity contribution is -0.120. The van der Waals surface area contributed by atoms with Crippen LogP contribution in [0.1, 0.15) is 32.1 Å². The number of carbonyl (C=O) groups is 1. The summed E-state index contributed by atoms with van der Waals surface area (Å²) in [5.74, 6) is 0.233. The summed E-state index contributed by atoms with van der Waals surface area (Å²) in [6.07, 6.45) is 5.49. The maximum Gasteiger partial charge on any atom is 0.326 e. The van der Waals surface area contributed by atoms with Crippen LogP contribution in [0.3, 0.4) is 0 Å². The molecule has 2 N–H and O–H groups in total. The Morgan fingerprint density at radius 2 is 2.05 bits per heavy atom. The van der Waals surface area contributed by atoms with Crippen molar-refractivity contribution in [3.05, 3.63) is 28.7 Å². The van der Waals surface area contributed by atoms with E-state index >= 15 is 0 Å². The van der Waals surface area contributed by atoms with Gasteiger partial charge in [-0.25, -0.2) is 4.79 Å². The Morgan fingerprint density at radius 1 is 1.30 bits per heavy atom. The van der Waals surface area contributed by atoms with Crippen molar-refractivity contribution in [2.24, 2.45) is 13.0 Å². The number of imidazole rings is 1. The minimum Gasteiger partial charge on any atom is -0.326 e. The third-order valence-corrected chi connectivity index (χ3v) is 4.15. The molecule has 1 aliphatic carbocycles. The number of aryl methyl sites for hydroxylation is 1. The fraction of sp³-hybridized carbons (Fsp3) is 0.467. The zero-order chi connectivity index (χ0) is 14.1. The Labute approximate surface area is 117 Å². The minimum absolute atomic E-state index is 0.0994. The van der Waals surface area contributed by atoms with Crippen molar-refractivity contribution in [1.82, 2.24) is 9.55 Å². The van der Waals surface area contributed by atoms with E-state index in [1.54, 1.807) is 11.6 Å². The molecule has 0 aliphatic heterocycles. The van der Waals surface area contributed by atoms with Crippen molar-refractivity contribution >= 4 is 22.6 Å². The quantitative estimate of drug-likeness (QED) is 0.882. The molecule has 0 unspecified atom stereocenters. The van der Waals surface area contributed by atoms with Crippen molar-refractivity contribution in [3.8, 4) is 0 Å². The van der Waals surface area contributed by atoms with Gasteiger partial charge in [0.25, 0.3) is 0 Å². The molecule has 20 heavy (non-hydrogen) atoms. The summed E-state index contributed by atoms with van der Waals surface area (Å²) in [5.41, 5.74) is 2.19. The molecule has 1 aromatic heterocycles. The molecule has 5 nitrogen and oxygen atoms in total. The molecule has 1 aromatic carbocycles. The van der Waals surface area contributed by atoms with Gasteiger partial charge in [-0.1, -0.05) is 19.3 Å². The number of carbonyl (C=O) groups excluding carboxylic acids is 1. The number of anilines is 1. The van der Waals surface area contributed by atoms with E-state index in [4.69, 9.17) is 0 Å². The molecule has 3 rings (SSSR count). The number of hydrogen-bond acceptors (Lipinski definition) is 2. The summed E-state index contributed by atoms with van der Waals surface area (Å²) in [6, 6.07) is 5.51. The molecule has 1 heterocycles. The number of H-pyrrole nitrogens is 1. The van der Waals surface area contributed by atoms with E-state index in [0.29, 0.717) is 0 Å². The molecule has 106 valence electrons. The summed E-state index contributed by atoms with van der Waals surface area (Å²) < 4.78 is 1.56. The van der Waals surface area contributed by atoms with Crippen molar-refractivity contribution < 1.29 is 4.79 Å². The fourth-order valence-corrected chi connectivity index (χ4v) is 2.92. The smallest absolute Gasteiger partial charge is 0.326 e. The third kappa shape index (κ3) is 2.35. The predicted octanol–water partition coefficient (Wildman–Crippen LogP) is 2.39. The maximum absolute atomic E-state index is 12.2.